The molecule has 3 aliphatic heterocycles. The highest BCUT2D eigenvalue weighted by atomic mass is 15.3. The molecule has 0 amide bonds. The molecule has 0 saturated carbocycles. The number of nitrogens with zero attached hydrogens (tertiary/aromatic N) is 2. The minimum absolute atomic E-state index is 0.563. The van der Waals surface area contributed by atoms with Crippen LogP contribution in [0.4, 0.5) is 0 Å². The number of aromatic nitrogens is 1. The third-order valence-electron chi connectivity index (χ3n) is 5.74. The maximum atomic E-state index is 4.23. The van der Waals surface area contributed by atoms with Gasteiger partial charge in [0.05, 0.1) is 0 Å². The summed E-state index contributed by atoms with van der Waals surface area (Å²) in [4.78, 5) is 6.79. The molecule has 3 atom stereocenters. The zero-order valence-corrected chi connectivity index (χ0v) is 14.8. The summed E-state index contributed by atoms with van der Waals surface area (Å²) in [6.45, 7) is 3.22. The average molecular weight is 341 g/mol. The number of rotatable bonds is 4. The smallest absolute Gasteiger partial charge is 0.0312 e. The van der Waals surface area contributed by atoms with E-state index in [9.17, 15) is 0 Å². The molecule has 3 nitrogen and oxygen atoms in total. The highest BCUT2D eigenvalue weighted by Crippen LogP contribution is 2.37. The molecule has 1 aromatic heterocycles. The van der Waals surface area contributed by atoms with E-state index in [4.69, 9.17) is 0 Å². The van der Waals surface area contributed by atoms with Crippen LogP contribution in [0.15, 0.2) is 79.1 Å². The van der Waals surface area contributed by atoms with Gasteiger partial charge in [0.2, 0.25) is 0 Å². The largest absolute Gasteiger partial charge is 0.307 e. The summed E-state index contributed by atoms with van der Waals surface area (Å²) in [5, 5.41) is 3.73. The Morgan fingerprint density at radius 3 is 2.27 bits per heavy atom. The normalized spacial score (nSPS) is 24.8. The lowest BCUT2D eigenvalue weighted by atomic mass is 9.74. The summed E-state index contributed by atoms with van der Waals surface area (Å²) < 4.78 is 0. The van der Waals surface area contributed by atoms with Crippen molar-refractivity contribution in [1.82, 2.24) is 15.2 Å². The quantitative estimate of drug-likeness (QED) is 0.784. The molecule has 6 rings (SSSR count). The first kappa shape index (κ1) is 15.7. The lowest BCUT2D eigenvalue weighted by molar-refractivity contribution is 0.0470. The van der Waals surface area contributed by atoms with Crippen molar-refractivity contribution in [2.45, 2.75) is 24.5 Å². The molecular formula is C23H23N3. The van der Waals surface area contributed by atoms with Crippen molar-refractivity contribution in [1.29, 1.82) is 0 Å². The van der Waals surface area contributed by atoms with Crippen molar-refractivity contribution in [2.75, 3.05) is 13.1 Å². The molecule has 3 aliphatic rings. The first-order valence-corrected chi connectivity index (χ1v) is 9.39. The minimum atomic E-state index is 0.563. The Bertz CT molecular complexity index is 849. The number of pyridine rings is 1. The average Bonchev–Trinajstić information content (AvgIpc) is 2.70. The number of benzene rings is 2. The van der Waals surface area contributed by atoms with Gasteiger partial charge in [0.1, 0.15) is 0 Å². The molecule has 130 valence electrons. The molecule has 3 saturated heterocycles. The maximum Gasteiger partial charge on any atom is 0.0312 e. The molecule has 3 aromatic rings. The van der Waals surface area contributed by atoms with Crippen molar-refractivity contribution in [3.8, 4) is 11.1 Å². The van der Waals surface area contributed by atoms with E-state index in [0.29, 0.717) is 18.0 Å². The second kappa shape index (κ2) is 6.67. The van der Waals surface area contributed by atoms with E-state index in [-0.39, 0.29) is 0 Å². The van der Waals surface area contributed by atoms with Gasteiger partial charge in [-0.3, -0.25) is 9.88 Å². The van der Waals surface area contributed by atoms with Crippen LogP contribution < -0.4 is 5.32 Å². The van der Waals surface area contributed by atoms with Crippen LogP contribution in [-0.2, 0) is 6.54 Å². The van der Waals surface area contributed by atoms with Gasteiger partial charge in [-0.2, -0.15) is 0 Å². The lowest BCUT2D eigenvalue weighted by Crippen LogP contribution is -2.71. The van der Waals surface area contributed by atoms with Crippen LogP contribution in [0.2, 0.25) is 0 Å². The zero-order chi connectivity index (χ0) is 17.3. The van der Waals surface area contributed by atoms with Crippen molar-refractivity contribution >= 4 is 0 Å². The predicted octanol–water partition coefficient (Wildman–Crippen LogP) is 3.69. The number of fused-ring (bicyclic) bond motifs is 2. The van der Waals surface area contributed by atoms with E-state index in [0.717, 1.165) is 19.6 Å². The second-order valence-electron chi connectivity index (χ2n) is 7.45. The third-order valence-corrected chi connectivity index (χ3v) is 5.74. The summed E-state index contributed by atoms with van der Waals surface area (Å²) in [6.07, 6.45) is 3.82. The van der Waals surface area contributed by atoms with E-state index in [1.165, 1.54) is 22.3 Å². The van der Waals surface area contributed by atoms with Crippen molar-refractivity contribution in [3.63, 3.8) is 0 Å². The highest BCUT2D eigenvalue weighted by Gasteiger charge is 2.46. The fourth-order valence-electron chi connectivity index (χ4n) is 4.48. The molecule has 0 spiro atoms. The van der Waals surface area contributed by atoms with E-state index < -0.39 is 0 Å². The maximum absolute atomic E-state index is 4.23. The number of hydrogen-bond acceptors (Lipinski definition) is 3. The standard InChI is InChI=1S/C23H23N3/c1-2-6-18(7-3-1)19-8-10-20(11-9-19)23-21-15-26(16-22(23)25-21)14-17-5-4-12-24-13-17/h1-13,21-23,25H,14-16H2/t21-,22+,23?. The summed E-state index contributed by atoms with van der Waals surface area (Å²) in [6, 6.07) is 25.1. The summed E-state index contributed by atoms with van der Waals surface area (Å²) in [5.41, 5.74) is 5.36. The van der Waals surface area contributed by atoms with Gasteiger partial charge in [-0.1, -0.05) is 60.7 Å². The number of piperidine rings is 1. The van der Waals surface area contributed by atoms with Crippen LogP contribution in [0.5, 0.6) is 0 Å². The molecule has 3 heteroatoms. The monoisotopic (exact) mass is 341 g/mol. The van der Waals surface area contributed by atoms with Crippen molar-refractivity contribution < 1.29 is 0 Å². The Kier molecular flexibility index (Phi) is 4.04. The van der Waals surface area contributed by atoms with Gasteiger partial charge in [-0.15, -0.1) is 0 Å². The number of hydrogen-bond donors (Lipinski definition) is 1. The lowest BCUT2D eigenvalue weighted by Gasteiger charge is -2.55. The molecule has 2 bridgehead atoms. The fourth-order valence-corrected chi connectivity index (χ4v) is 4.48. The summed E-state index contributed by atoms with van der Waals surface area (Å²) in [7, 11) is 0. The molecule has 0 radical (unpaired) electrons. The van der Waals surface area contributed by atoms with Crippen LogP contribution in [0, 0.1) is 0 Å². The molecule has 1 N–H and O–H groups in total. The first-order chi connectivity index (χ1) is 12.9. The van der Waals surface area contributed by atoms with Gasteiger partial charge in [0.25, 0.3) is 0 Å². The zero-order valence-electron chi connectivity index (χ0n) is 14.8. The van der Waals surface area contributed by atoms with Crippen LogP contribution in [0.1, 0.15) is 17.0 Å². The van der Waals surface area contributed by atoms with Crippen LogP contribution in [0.25, 0.3) is 11.1 Å². The van der Waals surface area contributed by atoms with Crippen LogP contribution in [0.3, 0.4) is 0 Å². The highest BCUT2D eigenvalue weighted by molar-refractivity contribution is 5.63. The molecule has 1 unspecified atom stereocenters. The molecule has 0 aliphatic carbocycles. The Morgan fingerprint density at radius 1 is 0.846 bits per heavy atom. The minimum Gasteiger partial charge on any atom is -0.307 e. The van der Waals surface area contributed by atoms with Gasteiger partial charge in [-0.25, -0.2) is 0 Å². The predicted molar refractivity (Wildman–Crippen MR) is 105 cm³/mol. The van der Waals surface area contributed by atoms with Gasteiger partial charge < -0.3 is 5.32 Å². The third kappa shape index (κ3) is 2.94. The topological polar surface area (TPSA) is 28.2 Å². The van der Waals surface area contributed by atoms with Crippen LogP contribution >= 0.6 is 0 Å². The van der Waals surface area contributed by atoms with Crippen molar-refractivity contribution in [2.24, 2.45) is 0 Å². The van der Waals surface area contributed by atoms with Crippen LogP contribution in [-0.4, -0.2) is 35.1 Å². The first-order valence-electron chi connectivity index (χ1n) is 9.39. The van der Waals surface area contributed by atoms with Gasteiger partial charge in [-0.05, 0) is 28.3 Å². The number of nitrogens with one attached hydrogen (secondary N) is 1. The van der Waals surface area contributed by atoms with Gasteiger partial charge in [0.15, 0.2) is 0 Å². The Morgan fingerprint density at radius 2 is 1.58 bits per heavy atom. The molecule has 2 aromatic carbocycles. The van der Waals surface area contributed by atoms with Crippen molar-refractivity contribution in [3.05, 3.63) is 90.3 Å². The van der Waals surface area contributed by atoms with Gasteiger partial charge >= 0.3 is 0 Å². The van der Waals surface area contributed by atoms with Gasteiger partial charge in [0, 0.05) is 50.0 Å². The Hall–Kier alpha value is -2.49. The van der Waals surface area contributed by atoms with E-state index >= 15 is 0 Å². The summed E-state index contributed by atoms with van der Waals surface area (Å²) >= 11 is 0. The molecule has 4 heterocycles. The molecule has 3 fully saturated rings. The SMILES string of the molecule is c1ccc(-c2ccc(C3[C@@H]4CN(Cc5cccnc5)C[C@H]3N4)cc2)cc1. The second-order valence-corrected chi connectivity index (χ2v) is 7.45. The number of piperazine rings is 1. The van der Waals surface area contributed by atoms with E-state index in [1.54, 1.807) is 0 Å². The fraction of sp³-hybridized carbons (Fsp3) is 0.261. The van der Waals surface area contributed by atoms with E-state index in [1.807, 2.05) is 18.5 Å². The summed E-state index contributed by atoms with van der Waals surface area (Å²) in [5.74, 6) is 0.643. The Balaban J connectivity index is 1.27. The Labute approximate surface area is 154 Å². The molecule has 26 heavy (non-hydrogen) atoms. The molecular weight excluding hydrogens is 318 g/mol. The van der Waals surface area contributed by atoms with E-state index in [2.05, 4.69) is 75.9 Å².